The number of amides is 4. The van der Waals surface area contributed by atoms with Crippen LogP contribution >= 0.6 is 23.2 Å². The highest BCUT2D eigenvalue weighted by molar-refractivity contribution is 6.35. The van der Waals surface area contributed by atoms with Crippen LogP contribution in [0.1, 0.15) is 30.9 Å². The Morgan fingerprint density at radius 2 is 1.64 bits per heavy atom. The zero-order valence-corrected chi connectivity index (χ0v) is 25.1. The van der Waals surface area contributed by atoms with E-state index in [0.29, 0.717) is 55.6 Å². The summed E-state index contributed by atoms with van der Waals surface area (Å²) in [6.45, 7) is 3.56. The number of nitrogens with one attached hydrogen (secondary N) is 2. The Morgan fingerprint density at radius 1 is 0.929 bits per heavy atom. The molecule has 3 aromatic rings. The first-order chi connectivity index (χ1) is 20.3. The molecule has 3 aromatic carbocycles. The third kappa shape index (κ3) is 6.35. The lowest BCUT2D eigenvalue weighted by Crippen LogP contribution is -2.58. The molecular weight excluding hydrogens is 573 g/mol. The number of anilines is 2. The van der Waals surface area contributed by atoms with Crippen LogP contribution in [0.5, 0.6) is 0 Å². The number of urea groups is 1. The minimum Gasteiger partial charge on any atom is -0.354 e. The summed E-state index contributed by atoms with van der Waals surface area (Å²) >= 11 is 12.2. The Hall–Kier alpha value is -3.75. The van der Waals surface area contributed by atoms with Crippen molar-refractivity contribution in [3.05, 3.63) is 94.0 Å². The van der Waals surface area contributed by atoms with E-state index in [0.717, 1.165) is 28.9 Å². The van der Waals surface area contributed by atoms with Crippen LogP contribution in [0.2, 0.25) is 10.0 Å². The molecule has 2 saturated heterocycles. The molecule has 0 aliphatic carbocycles. The smallest absolute Gasteiger partial charge is 0.321 e. The van der Waals surface area contributed by atoms with Gasteiger partial charge in [-0.15, -0.1) is 0 Å². The molecule has 2 N–H and O–H groups in total. The molecule has 2 aliphatic heterocycles. The zero-order valence-electron chi connectivity index (χ0n) is 23.6. The van der Waals surface area contributed by atoms with Gasteiger partial charge in [0.1, 0.15) is 12.1 Å². The summed E-state index contributed by atoms with van der Waals surface area (Å²) in [5.41, 5.74) is 2.87. The molecule has 0 unspecified atom stereocenters. The molecule has 2 fully saturated rings. The second-order valence-corrected chi connectivity index (χ2v) is 11.5. The van der Waals surface area contributed by atoms with E-state index in [1.807, 2.05) is 60.7 Å². The van der Waals surface area contributed by atoms with Gasteiger partial charge in [0.25, 0.3) is 5.91 Å². The van der Waals surface area contributed by atoms with Crippen LogP contribution in [0.15, 0.2) is 72.8 Å². The number of hydrogen-bond donors (Lipinski definition) is 2. The van der Waals surface area contributed by atoms with Crippen LogP contribution in [-0.4, -0.2) is 66.0 Å². The van der Waals surface area contributed by atoms with Gasteiger partial charge >= 0.3 is 6.03 Å². The van der Waals surface area contributed by atoms with Crippen LogP contribution in [0, 0.1) is 0 Å². The van der Waals surface area contributed by atoms with E-state index in [1.165, 1.54) is 0 Å². The Morgan fingerprint density at radius 3 is 2.36 bits per heavy atom. The molecule has 42 heavy (non-hydrogen) atoms. The van der Waals surface area contributed by atoms with Crippen molar-refractivity contribution in [2.45, 2.75) is 38.1 Å². The van der Waals surface area contributed by atoms with Crippen LogP contribution in [0.3, 0.4) is 0 Å². The van der Waals surface area contributed by atoms with Crippen molar-refractivity contribution in [1.29, 1.82) is 0 Å². The largest absolute Gasteiger partial charge is 0.354 e. The van der Waals surface area contributed by atoms with Crippen molar-refractivity contribution in [3.8, 4) is 0 Å². The maximum absolute atomic E-state index is 14.0. The van der Waals surface area contributed by atoms with Crippen molar-refractivity contribution in [3.63, 3.8) is 0 Å². The average molecular weight is 609 g/mol. The summed E-state index contributed by atoms with van der Waals surface area (Å²) in [4.78, 5) is 45.5. The van der Waals surface area contributed by atoms with E-state index in [4.69, 9.17) is 23.2 Å². The van der Waals surface area contributed by atoms with Crippen LogP contribution < -0.4 is 15.5 Å². The number of rotatable bonds is 8. The SMILES string of the molecule is CCc1ccccc1NC(=O)N1CCC2(CC1)C(=O)N(CC(=O)NCCc1ccc(Cl)cc1Cl)CN2c1ccccc1. The fourth-order valence-corrected chi connectivity index (χ4v) is 6.34. The number of hydrogen-bond acceptors (Lipinski definition) is 4. The van der Waals surface area contributed by atoms with Crippen LogP contribution in [-0.2, 0) is 22.4 Å². The standard InChI is InChI=1S/C32H35Cl2N5O3/c1-2-23-8-6-7-11-28(23)36-31(42)37-18-15-32(16-19-37)30(41)38(22-39(32)26-9-4-3-5-10-26)21-29(40)35-17-14-24-12-13-25(33)20-27(24)34/h3-13,20H,2,14-19,21-22H2,1H3,(H,35,40)(H,36,42). The van der Waals surface area contributed by atoms with Gasteiger partial charge in [-0.1, -0.05) is 72.6 Å². The minimum absolute atomic E-state index is 0.0454. The Labute approximate surface area is 256 Å². The number of benzene rings is 3. The van der Waals surface area contributed by atoms with E-state index in [9.17, 15) is 14.4 Å². The highest BCUT2D eigenvalue weighted by atomic mass is 35.5. The highest BCUT2D eigenvalue weighted by Gasteiger charge is 2.54. The predicted octanol–water partition coefficient (Wildman–Crippen LogP) is 5.59. The number of halogens is 2. The molecule has 220 valence electrons. The average Bonchev–Trinajstić information content (AvgIpc) is 3.25. The molecule has 0 saturated carbocycles. The van der Waals surface area contributed by atoms with Crippen LogP contribution in [0.4, 0.5) is 16.2 Å². The Kier molecular flexibility index (Phi) is 9.24. The quantitative estimate of drug-likeness (QED) is 0.350. The monoisotopic (exact) mass is 607 g/mol. The minimum atomic E-state index is -0.823. The Bertz CT molecular complexity index is 1440. The molecule has 0 atom stereocenters. The fourth-order valence-electron chi connectivity index (χ4n) is 5.84. The van der Waals surface area contributed by atoms with Gasteiger partial charge < -0.3 is 25.3 Å². The summed E-state index contributed by atoms with van der Waals surface area (Å²) in [6, 6.07) is 22.7. The number of likely N-dealkylation sites (tertiary alicyclic amines) is 1. The fraction of sp³-hybridized carbons (Fsp3) is 0.344. The van der Waals surface area contributed by atoms with Gasteiger partial charge in [0.2, 0.25) is 5.91 Å². The summed E-state index contributed by atoms with van der Waals surface area (Å²) in [5, 5.41) is 7.08. The summed E-state index contributed by atoms with van der Waals surface area (Å²) in [5.74, 6) is -0.316. The predicted molar refractivity (Wildman–Crippen MR) is 167 cm³/mol. The second kappa shape index (κ2) is 13.0. The van der Waals surface area contributed by atoms with Crippen molar-refractivity contribution in [1.82, 2.24) is 15.1 Å². The summed E-state index contributed by atoms with van der Waals surface area (Å²) in [7, 11) is 0. The lowest BCUT2D eigenvalue weighted by Gasteiger charge is -2.43. The van der Waals surface area contributed by atoms with Gasteiger partial charge in [-0.2, -0.15) is 0 Å². The van der Waals surface area contributed by atoms with Gasteiger partial charge in [-0.3, -0.25) is 9.59 Å². The zero-order chi connectivity index (χ0) is 29.7. The molecule has 1 spiro atoms. The number of para-hydroxylation sites is 2. The molecule has 10 heteroatoms. The topological polar surface area (TPSA) is 85.0 Å². The molecule has 2 heterocycles. The van der Waals surface area contributed by atoms with Gasteiger partial charge in [0.15, 0.2) is 0 Å². The number of carbonyl (C=O) groups excluding carboxylic acids is 3. The van der Waals surface area contributed by atoms with Crippen molar-refractivity contribution >= 4 is 52.4 Å². The van der Waals surface area contributed by atoms with E-state index >= 15 is 0 Å². The summed E-state index contributed by atoms with van der Waals surface area (Å²) < 4.78 is 0. The number of aryl methyl sites for hydroxylation is 1. The molecule has 0 bridgehead atoms. The normalized spacial score (nSPS) is 16.2. The maximum Gasteiger partial charge on any atom is 0.321 e. The van der Waals surface area contributed by atoms with Gasteiger partial charge in [0, 0.05) is 41.1 Å². The van der Waals surface area contributed by atoms with Crippen molar-refractivity contribution in [2.24, 2.45) is 0 Å². The van der Waals surface area contributed by atoms with E-state index < -0.39 is 5.54 Å². The van der Waals surface area contributed by atoms with Gasteiger partial charge in [-0.05, 0) is 67.1 Å². The van der Waals surface area contributed by atoms with Crippen molar-refractivity contribution in [2.75, 3.05) is 43.1 Å². The molecular formula is C32H35Cl2N5O3. The summed E-state index contributed by atoms with van der Waals surface area (Å²) in [6.07, 6.45) is 2.31. The lowest BCUT2D eigenvalue weighted by atomic mass is 9.85. The van der Waals surface area contributed by atoms with E-state index in [2.05, 4.69) is 22.5 Å². The van der Waals surface area contributed by atoms with E-state index in [-0.39, 0.29) is 24.4 Å². The number of nitrogens with zero attached hydrogens (tertiary/aromatic N) is 3. The van der Waals surface area contributed by atoms with Gasteiger partial charge in [0.05, 0.1) is 6.67 Å². The first kappa shape index (κ1) is 29.7. The molecule has 0 radical (unpaired) electrons. The number of piperidine rings is 1. The molecule has 8 nitrogen and oxygen atoms in total. The second-order valence-electron chi connectivity index (χ2n) is 10.7. The van der Waals surface area contributed by atoms with Crippen molar-refractivity contribution < 1.29 is 14.4 Å². The lowest BCUT2D eigenvalue weighted by molar-refractivity contribution is -0.137. The molecule has 0 aromatic heterocycles. The van der Waals surface area contributed by atoms with Crippen LogP contribution in [0.25, 0.3) is 0 Å². The van der Waals surface area contributed by atoms with Gasteiger partial charge in [-0.25, -0.2) is 4.79 Å². The molecule has 2 aliphatic rings. The first-order valence-corrected chi connectivity index (χ1v) is 15.0. The number of carbonyl (C=O) groups is 3. The Balaban J connectivity index is 1.24. The highest BCUT2D eigenvalue weighted by Crippen LogP contribution is 2.39. The molecule has 5 rings (SSSR count). The maximum atomic E-state index is 14.0. The van der Waals surface area contributed by atoms with E-state index in [1.54, 1.807) is 21.9 Å². The third-order valence-corrected chi connectivity index (χ3v) is 8.75. The first-order valence-electron chi connectivity index (χ1n) is 14.3. The third-order valence-electron chi connectivity index (χ3n) is 8.17. The molecule has 4 amide bonds.